The van der Waals surface area contributed by atoms with Gasteiger partial charge in [0.15, 0.2) is 11.5 Å². The molecule has 1 atom stereocenters. The van der Waals surface area contributed by atoms with Crippen molar-refractivity contribution in [2.24, 2.45) is 0 Å². The molecule has 3 aromatic carbocycles. The van der Waals surface area contributed by atoms with Crippen LogP contribution in [-0.4, -0.2) is 35.1 Å². The van der Waals surface area contributed by atoms with Crippen LogP contribution in [0.25, 0.3) is 5.76 Å². The first-order chi connectivity index (χ1) is 16.7. The molecule has 180 valence electrons. The number of Topliss-reactive ketones (excluding diaryl/α,β-unsaturated/α-hetero) is 1. The number of ether oxygens (including phenoxy) is 2. The number of anilines is 1. The number of amides is 1. The van der Waals surface area contributed by atoms with Gasteiger partial charge in [0, 0.05) is 16.3 Å². The van der Waals surface area contributed by atoms with Crippen LogP contribution in [0, 0.1) is 0 Å². The summed E-state index contributed by atoms with van der Waals surface area (Å²) in [6.07, 6.45) is -0.0944. The third kappa shape index (κ3) is 4.68. The molecule has 0 radical (unpaired) electrons. The maximum Gasteiger partial charge on any atom is 0.300 e. The van der Waals surface area contributed by atoms with Gasteiger partial charge < -0.3 is 19.7 Å². The fraction of sp³-hybridized carbons (Fsp3) is 0.185. The Morgan fingerprint density at radius 3 is 2.43 bits per heavy atom. The maximum atomic E-state index is 13.3. The fourth-order valence-corrected chi connectivity index (χ4v) is 4.25. The van der Waals surface area contributed by atoms with E-state index in [9.17, 15) is 19.8 Å². The van der Waals surface area contributed by atoms with E-state index < -0.39 is 17.7 Å². The molecule has 35 heavy (non-hydrogen) atoms. The van der Waals surface area contributed by atoms with Crippen LogP contribution < -0.4 is 14.4 Å². The van der Waals surface area contributed by atoms with Crippen LogP contribution in [0.15, 0.2) is 72.3 Å². The molecule has 0 spiro atoms. The van der Waals surface area contributed by atoms with Crippen LogP contribution in [-0.2, 0) is 9.59 Å². The van der Waals surface area contributed by atoms with Gasteiger partial charge in [0.25, 0.3) is 11.7 Å². The number of hydrogen-bond donors (Lipinski definition) is 2. The molecule has 1 heterocycles. The number of rotatable bonds is 6. The Hall–Kier alpha value is -3.97. The first kappa shape index (κ1) is 24.2. The zero-order valence-electron chi connectivity index (χ0n) is 19.4. The number of hydrogen-bond acceptors (Lipinski definition) is 6. The van der Waals surface area contributed by atoms with E-state index in [0.717, 1.165) is 0 Å². The number of halogens is 1. The van der Waals surface area contributed by atoms with Gasteiger partial charge in [-0.1, -0.05) is 35.9 Å². The lowest BCUT2D eigenvalue weighted by atomic mass is 9.94. The predicted octanol–water partition coefficient (Wildman–Crippen LogP) is 5.47. The number of methoxy groups -OCH3 is 1. The summed E-state index contributed by atoms with van der Waals surface area (Å²) in [7, 11) is 1.42. The van der Waals surface area contributed by atoms with Gasteiger partial charge in [0.1, 0.15) is 11.5 Å². The Kier molecular flexibility index (Phi) is 6.71. The number of aliphatic hydroxyl groups is 1. The van der Waals surface area contributed by atoms with Crippen molar-refractivity contribution in [3.8, 4) is 17.2 Å². The highest BCUT2D eigenvalue weighted by atomic mass is 35.5. The van der Waals surface area contributed by atoms with Gasteiger partial charge in [-0.2, -0.15) is 0 Å². The summed E-state index contributed by atoms with van der Waals surface area (Å²) < 4.78 is 10.8. The van der Waals surface area contributed by atoms with Crippen molar-refractivity contribution in [3.63, 3.8) is 0 Å². The number of ketones is 1. The van der Waals surface area contributed by atoms with E-state index in [1.165, 1.54) is 24.1 Å². The second kappa shape index (κ2) is 9.72. The number of carbonyl (C=O) groups is 2. The van der Waals surface area contributed by atoms with Crippen molar-refractivity contribution in [2.45, 2.75) is 26.0 Å². The molecule has 3 aromatic rings. The normalized spacial score (nSPS) is 17.2. The average molecular weight is 494 g/mol. The maximum absolute atomic E-state index is 13.3. The zero-order chi connectivity index (χ0) is 25.3. The minimum Gasteiger partial charge on any atom is -0.507 e. The zero-order valence-corrected chi connectivity index (χ0v) is 20.1. The SMILES string of the molecule is COc1ccc(C2/C(=C(/O)c3cccc(OC(C)C)c3)C(=O)C(=O)N2c2cccc(Cl)c2)cc1O. The van der Waals surface area contributed by atoms with Crippen LogP contribution in [0.5, 0.6) is 17.2 Å². The summed E-state index contributed by atoms with van der Waals surface area (Å²) in [5.74, 6) is -1.49. The van der Waals surface area contributed by atoms with Crippen molar-refractivity contribution in [1.29, 1.82) is 0 Å². The Bertz CT molecular complexity index is 1330. The van der Waals surface area contributed by atoms with Gasteiger partial charge >= 0.3 is 0 Å². The summed E-state index contributed by atoms with van der Waals surface area (Å²) >= 11 is 6.16. The number of phenols is 1. The number of carbonyl (C=O) groups excluding carboxylic acids is 2. The van der Waals surface area contributed by atoms with E-state index in [4.69, 9.17) is 21.1 Å². The second-order valence-electron chi connectivity index (χ2n) is 8.27. The molecule has 4 rings (SSSR count). The van der Waals surface area contributed by atoms with E-state index in [-0.39, 0.29) is 28.9 Å². The first-order valence-electron chi connectivity index (χ1n) is 10.9. The molecular weight excluding hydrogens is 470 g/mol. The second-order valence-corrected chi connectivity index (χ2v) is 8.71. The standard InChI is InChI=1S/C27H24ClNO6/c1-15(2)35-20-9-4-6-17(12-20)25(31)23-24(16-10-11-22(34-3)21(30)13-16)29(27(33)26(23)32)19-8-5-7-18(28)14-19/h4-15,24,30-31H,1-3H3/b25-23-. The van der Waals surface area contributed by atoms with Crippen molar-refractivity contribution in [3.05, 3.63) is 88.5 Å². The molecular formula is C27H24ClNO6. The summed E-state index contributed by atoms with van der Waals surface area (Å²) in [5, 5.41) is 22.1. The number of aliphatic hydroxyl groups excluding tert-OH is 1. The number of benzene rings is 3. The molecule has 0 bridgehead atoms. The monoisotopic (exact) mass is 493 g/mol. The first-order valence-corrected chi connectivity index (χ1v) is 11.3. The van der Waals surface area contributed by atoms with Crippen LogP contribution in [0.2, 0.25) is 5.02 Å². The van der Waals surface area contributed by atoms with E-state index >= 15 is 0 Å². The molecule has 1 fully saturated rings. The lowest BCUT2D eigenvalue weighted by Gasteiger charge is -2.26. The van der Waals surface area contributed by atoms with Gasteiger partial charge in [-0.3, -0.25) is 14.5 Å². The van der Waals surface area contributed by atoms with Gasteiger partial charge in [-0.05, 0) is 61.9 Å². The van der Waals surface area contributed by atoms with Crippen molar-refractivity contribution in [1.82, 2.24) is 0 Å². The molecule has 2 N–H and O–H groups in total. The van der Waals surface area contributed by atoms with Gasteiger partial charge in [-0.25, -0.2) is 0 Å². The van der Waals surface area contributed by atoms with Crippen molar-refractivity contribution >= 4 is 34.7 Å². The highest BCUT2D eigenvalue weighted by Crippen LogP contribution is 2.44. The molecule has 1 aliphatic rings. The highest BCUT2D eigenvalue weighted by molar-refractivity contribution is 6.51. The Labute approximate surface area is 207 Å². The summed E-state index contributed by atoms with van der Waals surface area (Å²) in [4.78, 5) is 27.8. The van der Waals surface area contributed by atoms with E-state index in [1.54, 1.807) is 54.6 Å². The quantitative estimate of drug-likeness (QED) is 0.268. The Balaban J connectivity index is 1.93. The average Bonchev–Trinajstić information content (AvgIpc) is 3.08. The molecule has 0 saturated carbocycles. The molecule has 7 nitrogen and oxygen atoms in total. The fourth-order valence-electron chi connectivity index (χ4n) is 4.06. The van der Waals surface area contributed by atoms with Crippen LogP contribution in [0.1, 0.15) is 31.0 Å². The molecule has 1 amide bonds. The molecule has 0 aromatic heterocycles. The van der Waals surface area contributed by atoms with Gasteiger partial charge in [0.05, 0.1) is 24.8 Å². The van der Waals surface area contributed by atoms with Crippen molar-refractivity contribution in [2.75, 3.05) is 12.0 Å². The smallest absolute Gasteiger partial charge is 0.300 e. The van der Waals surface area contributed by atoms with Crippen molar-refractivity contribution < 1.29 is 29.3 Å². The lowest BCUT2D eigenvalue weighted by molar-refractivity contribution is -0.132. The topological polar surface area (TPSA) is 96.3 Å². The molecule has 1 aliphatic heterocycles. The number of phenolic OH excluding ortho intramolecular Hbond substituents is 1. The van der Waals surface area contributed by atoms with Crippen LogP contribution in [0.4, 0.5) is 5.69 Å². The molecule has 1 unspecified atom stereocenters. The lowest BCUT2D eigenvalue weighted by Crippen LogP contribution is -2.29. The molecule has 8 heteroatoms. The highest BCUT2D eigenvalue weighted by Gasteiger charge is 2.47. The van der Waals surface area contributed by atoms with E-state index in [0.29, 0.717) is 27.6 Å². The predicted molar refractivity (Wildman–Crippen MR) is 133 cm³/mol. The Morgan fingerprint density at radius 1 is 1.03 bits per heavy atom. The third-order valence-corrected chi connectivity index (χ3v) is 5.76. The minimum absolute atomic E-state index is 0.0944. The van der Waals surface area contributed by atoms with E-state index in [2.05, 4.69) is 0 Å². The molecule has 0 aliphatic carbocycles. The number of aromatic hydroxyl groups is 1. The molecule has 1 saturated heterocycles. The van der Waals surface area contributed by atoms with Crippen LogP contribution >= 0.6 is 11.6 Å². The summed E-state index contributed by atoms with van der Waals surface area (Å²) in [6.45, 7) is 3.75. The largest absolute Gasteiger partial charge is 0.507 e. The Morgan fingerprint density at radius 2 is 1.77 bits per heavy atom. The summed E-state index contributed by atoms with van der Waals surface area (Å²) in [5.41, 5.74) is 0.964. The van der Waals surface area contributed by atoms with Crippen LogP contribution in [0.3, 0.4) is 0 Å². The number of nitrogens with zero attached hydrogens (tertiary/aromatic N) is 1. The van der Waals surface area contributed by atoms with Gasteiger partial charge in [-0.15, -0.1) is 0 Å². The third-order valence-electron chi connectivity index (χ3n) is 5.53. The minimum atomic E-state index is -1.03. The summed E-state index contributed by atoms with van der Waals surface area (Å²) in [6, 6.07) is 16.7. The van der Waals surface area contributed by atoms with Gasteiger partial charge in [0.2, 0.25) is 0 Å². The van der Waals surface area contributed by atoms with E-state index in [1.807, 2.05) is 13.8 Å².